The minimum Gasteiger partial charge on any atom is -0.504 e. The highest BCUT2D eigenvalue weighted by molar-refractivity contribution is 6.50. The Morgan fingerprint density at radius 1 is 1.11 bits per heavy atom. The number of aromatic nitrogens is 2. The number of hydrogen-bond acceptors (Lipinski definition) is 7. The van der Waals surface area contributed by atoms with Gasteiger partial charge in [-0.15, -0.1) is 0 Å². The summed E-state index contributed by atoms with van der Waals surface area (Å²) in [6.07, 6.45) is 5.49. The summed E-state index contributed by atoms with van der Waals surface area (Å²) in [6.45, 7) is 2.02. The number of esters is 1. The summed E-state index contributed by atoms with van der Waals surface area (Å²) in [7, 11) is 1.50. The maximum Gasteiger partial charge on any atom is 0.344 e. The normalized spacial score (nSPS) is 16.7. The molecule has 8 nitrogen and oxygen atoms in total. The van der Waals surface area contributed by atoms with Gasteiger partial charge in [0.15, 0.2) is 23.2 Å². The molecule has 2 heterocycles. The molecule has 180 valence electrons. The lowest BCUT2D eigenvalue weighted by Gasteiger charge is -2.19. The van der Waals surface area contributed by atoms with Crippen LogP contribution in [0.3, 0.4) is 0 Å². The van der Waals surface area contributed by atoms with Crippen LogP contribution in [0.25, 0.3) is 11.3 Å². The van der Waals surface area contributed by atoms with Gasteiger partial charge < -0.3 is 14.6 Å². The van der Waals surface area contributed by atoms with Crippen molar-refractivity contribution >= 4 is 23.3 Å². The molecule has 2 aromatic carbocycles. The molecule has 0 spiro atoms. The van der Waals surface area contributed by atoms with E-state index in [9.17, 15) is 9.90 Å². The summed E-state index contributed by atoms with van der Waals surface area (Å²) in [4.78, 5) is 23.1. The largest absolute Gasteiger partial charge is 0.504 e. The van der Waals surface area contributed by atoms with E-state index in [4.69, 9.17) is 24.6 Å². The summed E-state index contributed by atoms with van der Waals surface area (Å²) >= 11 is 0. The third-order valence-corrected chi connectivity index (χ3v) is 6.35. The zero-order valence-corrected chi connectivity index (χ0v) is 19.9. The highest BCUT2D eigenvalue weighted by atomic mass is 16.5. The van der Waals surface area contributed by atoms with Crippen LogP contribution in [-0.2, 0) is 4.74 Å². The Labute approximate surface area is 203 Å². The molecule has 1 aliphatic heterocycles. The van der Waals surface area contributed by atoms with Gasteiger partial charge in [-0.3, -0.25) is 4.99 Å². The molecule has 0 atom stereocenters. The van der Waals surface area contributed by atoms with Gasteiger partial charge in [0, 0.05) is 11.1 Å². The van der Waals surface area contributed by atoms with E-state index < -0.39 is 5.97 Å². The summed E-state index contributed by atoms with van der Waals surface area (Å²) in [5.74, 6) is 0.892. The SMILES string of the molecule is CCOC(=O)c1c(-c2ccccc2)nn2c1N=C(c1ccc(O)c(OC)c1)C2=NC1CCCCC1. The second-order valence-electron chi connectivity index (χ2n) is 8.64. The number of nitrogens with zero attached hydrogens (tertiary/aromatic N) is 4. The molecule has 0 radical (unpaired) electrons. The van der Waals surface area contributed by atoms with Gasteiger partial charge in [0.2, 0.25) is 0 Å². The van der Waals surface area contributed by atoms with Crippen LogP contribution in [-0.4, -0.2) is 52.2 Å². The van der Waals surface area contributed by atoms with E-state index in [1.54, 1.807) is 29.8 Å². The second kappa shape index (κ2) is 9.74. The smallest absolute Gasteiger partial charge is 0.344 e. The van der Waals surface area contributed by atoms with Crippen molar-refractivity contribution in [2.45, 2.75) is 45.1 Å². The van der Waals surface area contributed by atoms with Gasteiger partial charge >= 0.3 is 5.97 Å². The topological polar surface area (TPSA) is 98.3 Å². The number of carbonyl (C=O) groups excluding carboxylic acids is 1. The number of fused-ring (bicyclic) bond motifs is 1. The average Bonchev–Trinajstić information content (AvgIpc) is 3.42. The van der Waals surface area contributed by atoms with Gasteiger partial charge in [-0.1, -0.05) is 49.6 Å². The first-order chi connectivity index (χ1) is 17.1. The van der Waals surface area contributed by atoms with E-state index in [-0.39, 0.29) is 18.4 Å². The molecular weight excluding hydrogens is 444 g/mol. The molecule has 1 saturated carbocycles. The fraction of sp³-hybridized carbons (Fsp3) is 0.333. The van der Waals surface area contributed by atoms with Crippen LogP contribution in [0.4, 0.5) is 5.82 Å². The quantitative estimate of drug-likeness (QED) is 0.500. The standard InChI is InChI=1S/C27H28N4O4/c1-3-35-27(33)22-23(17-10-6-4-7-11-17)30-31-25(22)29-24(18-14-15-20(32)21(16-18)34-2)26(31)28-19-12-8-5-9-13-19/h4,6-7,10-11,14-16,19,32H,3,5,8-9,12-13H2,1-2H3. The fourth-order valence-electron chi connectivity index (χ4n) is 4.62. The van der Waals surface area contributed by atoms with E-state index in [1.807, 2.05) is 30.3 Å². The first-order valence-electron chi connectivity index (χ1n) is 12.0. The minimum absolute atomic E-state index is 0.0388. The molecule has 0 saturated heterocycles. The first-order valence-corrected chi connectivity index (χ1v) is 12.0. The number of phenols is 1. The molecule has 0 amide bonds. The van der Waals surface area contributed by atoms with Crippen molar-refractivity contribution < 1.29 is 19.4 Å². The molecule has 2 aliphatic rings. The van der Waals surface area contributed by atoms with Crippen LogP contribution < -0.4 is 4.74 Å². The van der Waals surface area contributed by atoms with Crippen molar-refractivity contribution in [3.63, 3.8) is 0 Å². The Balaban J connectivity index is 1.71. The van der Waals surface area contributed by atoms with Gasteiger partial charge in [0.25, 0.3) is 0 Å². The number of benzene rings is 2. The predicted molar refractivity (Wildman–Crippen MR) is 134 cm³/mol. The van der Waals surface area contributed by atoms with Crippen LogP contribution in [0.1, 0.15) is 54.9 Å². The molecule has 5 rings (SSSR count). The molecule has 8 heteroatoms. The molecule has 0 bridgehead atoms. The van der Waals surface area contributed by atoms with E-state index in [0.29, 0.717) is 34.4 Å². The number of phenolic OH excluding ortho intramolecular Hbond substituents is 1. The van der Waals surface area contributed by atoms with Crippen molar-refractivity contribution in [2.24, 2.45) is 9.98 Å². The fourth-order valence-corrected chi connectivity index (χ4v) is 4.62. The van der Waals surface area contributed by atoms with Crippen molar-refractivity contribution in [1.29, 1.82) is 0 Å². The zero-order valence-electron chi connectivity index (χ0n) is 19.9. The van der Waals surface area contributed by atoms with Crippen molar-refractivity contribution in [3.8, 4) is 22.8 Å². The molecule has 3 aromatic rings. The third kappa shape index (κ3) is 4.32. The molecule has 35 heavy (non-hydrogen) atoms. The lowest BCUT2D eigenvalue weighted by molar-refractivity contribution is 0.0528. The van der Waals surface area contributed by atoms with Gasteiger partial charge in [0.1, 0.15) is 17.0 Å². The molecule has 0 unspecified atom stereocenters. The van der Waals surface area contributed by atoms with Crippen LogP contribution in [0.15, 0.2) is 58.5 Å². The third-order valence-electron chi connectivity index (χ3n) is 6.35. The molecule has 1 aromatic heterocycles. The zero-order chi connectivity index (χ0) is 24.4. The first kappa shape index (κ1) is 22.8. The van der Waals surface area contributed by atoms with E-state index in [1.165, 1.54) is 13.5 Å². The van der Waals surface area contributed by atoms with E-state index in [2.05, 4.69) is 0 Å². The van der Waals surface area contributed by atoms with E-state index >= 15 is 0 Å². The van der Waals surface area contributed by atoms with Crippen molar-refractivity contribution in [1.82, 2.24) is 9.78 Å². The molecule has 1 N–H and O–H groups in total. The summed E-state index contributed by atoms with van der Waals surface area (Å²) in [5, 5.41) is 14.9. The number of methoxy groups -OCH3 is 1. The highest BCUT2D eigenvalue weighted by Crippen LogP contribution is 2.37. The molecule has 1 fully saturated rings. The number of carbonyl (C=O) groups is 1. The minimum atomic E-state index is -0.474. The maximum absolute atomic E-state index is 13.1. The number of rotatable bonds is 6. The number of aromatic hydroxyl groups is 1. The highest BCUT2D eigenvalue weighted by Gasteiger charge is 2.35. The van der Waals surface area contributed by atoms with Crippen molar-refractivity contribution in [3.05, 3.63) is 59.7 Å². The van der Waals surface area contributed by atoms with Crippen LogP contribution in [0.2, 0.25) is 0 Å². The Hall–Kier alpha value is -3.94. The Bertz CT molecular complexity index is 1300. The van der Waals surface area contributed by atoms with Gasteiger partial charge in [-0.25, -0.2) is 9.79 Å². The number of aliphatic imine (C=N–C) groups is 2. The van der Waals surface area contributed by atoms with Gasteiger partial charge in [0.05, 0.1) is 19.8 Å². The average molecular weight is 473 g/mol. The van der Waals surface area contributed by atoms with Crippen LogP contribution in [0, 0.1) is 0 Å². The van der Waals surface area contributed by atoms with E-state index in [0.717, 1.165) is 36.8 Å². The molecular formula is C27H28N4O4. The summed E-state index contributed by atoms with van der Waals surface area (Å²) in [6, 6.07) is 14.8. The predicted octanol–water partition coefficient (Wildman–Crippen LogP) is 5.15. The summed E-state index contributed by atoms with van der Waals surface area (Å²) < 4.78 is 12.4. The monoisotopic (exact) mass is 472 g/mol. The Morgan fingerprint density at radius 3 is 2.60 bits per heavy atom. The Kier molecular flexibility index (Phi) is 6.35. The second-order valence-corrected chi connectivity index (χ2v) is 8.64. The number of ether oxygens (including phenoxy) is 2. The lowest BCUT2D eigenvalue weighted by Crippen LogP contribution is -2.24. The van der Waals surface area contributed by atoms with Crippen LogP contribution >= 0.6 is 0 Å². The summed E-state index contributed by atoms with van der Waals surface area (Å²) in [5.41, 5.74) is 2.94. The van der Waals surface area contributed by atoms with Gasteiger partial charge in [-0.2, -0.15) is 9.78 Å². The Morgan fingerprint density at radius 2 is 1.89 bits per heavy atom. The maximum atomic E-state index is 13.1. The number of hydrogen-bond donors (Lipinski definition) is 1. The van der Waals surface area contributed by atoms with Gasteiger partial charge in [-0.05, 0) is 38.0 Å². The molecule has 1 aliphatic carbocycles. The van der Waals surface area contributed by atoms with Crippen molar-refractivity contribution in [2.75, 3.05) is 13.7 Å². The van der Waals surface area contributed by atoms with Crippen LogP contribution in [0.5, 0.6) is 11.5 Å². The lowest BCUT2D eigenvalue weighted by atomic mass is 9.96.